The van der Waals surface area contributed by atoms with Crippen LogP contribution in [0.15, 0.2) is 42.7 Å². The van der Waals surface area contributed by atoms with Gasteiger partial charge in [0, 0.05) is 30.5 Å². The highest BCUT2D eigenvalue weighted by molar-refractivity contribution is 5.63. The number of ether oxygens (including phenoxy) is 1. The van der Waals surface area contributed by atoms with Crippen molar-refractivity contribution in [1.29, 1.82) is 0 Å². The summed E-state index contributed by atoms with van der Waals surface area (Å²) in [7, 11) is 0. The molecule has 4 rings (SSSR count). The van der Waals surface area contributed by atoms with Gasteiger partial charge in [-0.25, -0.2) is 9.37 Å². The van der Waals surface area contributed by atoms with Crippen molar-refractivity contribution in [2.24, 2.45) is 0 Å². The molecular weight excluding hydrogens is 333 g/mol. The normalized spacial score (nSPS) is 19.8. The fourth-order valence-corrected chi connectivity index (χ4v) is 3.19. The predicted molar refractivity (Wildman–Crippen MR) is 94.9 cm³/mol. The van der Waals surface area contributed by atoms with Gasteiger partial charge in [0.25, 0.3) is 0 Å². The number of aromatic nitrogens is 4. The van der Waals surface area contributed by atoms with E-state index in [1.54, 1.807) is 18.5 Å². The molecule has 0 aliphatic carbocycles. The minimum Gasteiger partial charge on any atom is -0.379 e. The second-order valence-corrected chi connectivity index (χ2v) is 6.45. The molecule has 0 radical (unpaired) electrons. The zero-order valence-electron chi connectivity index (χ0n) is 14.4. The van der Waals surface area contributed by atoms with Crippen LogP contribution in [0.25, 0.3) is 11.1 Å². The highest BCUT2D eigenvalue weighted by atomic mass is 19.1. The van der Waals surface area contributed by atoms with Crippen LogP contribution in [-0.2, 0) is 11.3 Å². The lowest BCUT2D eigenvalue weighted by molar-refractivity contribution is 0.187. The number of nitrogens with one attached hydrogen (secondary N) is 2. The molecule has 0 saturated carbocycles. The van der Waals surface area contributed by atoms with Gasteiger partial charge in [0.15, 0.2) is 5.82 Å². The summed E-state index contributed by atoms with van der Waals surface area (Å²) >= 11 is 0. The van der Waals surface area contributed by atoms with Crippen molar-refractivity contribution >= 4 is 0 Å². The van der Waals surface area contributed by atoms with Crippen LogP contribution in [0.1, 0.15) is 23.1 Å². The maximum atomic E-state index is 14.5. The lowest BCUT2D eigenvalue weighted by Crippen LogP contribution is -2.34. The Labute approximate surface area is 150 Å². The molecule has 6 nitrogen and oxygen atoms in total. The Hall–Kier alpha value is -2.64. The van der Waals surface area contributed by atoms with Crippen molar-refractivity contribution in [3.05, 3.63) is 65.8 Å². The Kier molecular flexibility index (Phi) is 4.73. The standard InChI is InChI=1S/C19H20FN5O/c1-12-23-19(25-24-12)16-10-26-11-18(16)22-9-15-3-2-14(8-17(15)20)13-4-6-21-7-5-13/h2-8,16,18,22H,9-11H2,1H3,(H,23,24,25)/t16-,18+/m1/s1. The number of hydrogen-bond acceptors (Lipinski definition) is 5. The molecule has 2 atom stereocenters. The highest BCUT2D eigenvalue weighted by Gasteiger charge is 2.32. The third kappa shape index (κ3) is 3.49. The second-order valence-electron chi connectivity index (χ2n) is 6.45. The molecule has 0 spiro atoms. The van der Waals surface area contributed by atoms with E-state index in [9.17, 15) is 4.39 Å². The van der Waals surface area contributed by atoms with Crippen molar-refractivity contribution in [3.8, 4) is 11.1 Å². The summed E-state index contributed by atoms with van der Waals surface area (Å²) in [5, 5.41) is 10.5. The smallest absolute Gasteiger partial charge is 0.157 e. The fraction of sp³-hybridized carbons (Fsp3) is 0.316. The first kappa shape index (κ1) is 16.8. The second kappa shape index (κ2) is 7.31. The van der Waals surface area contributed by atoms with Crippen molar-refractivity contribution in [2.75, 3.05) is 13.2 Å². The van der Waals surface area contributed by atoms with Gasteiger partial charge in [-0.2, -0.15) is 5.10 Å². The third-order valence-corrected chi connectivity index (χ3v) is 4.65. The molecule has 0 unspecified atom stereocenters. The first-order valence-electron chi connectivity index (χ1n) is 8.59. The quantitative estimate of drug-likeness (QED) is 0.737. The molecule has 26 heavy (non-hydrogen) atoms. The van der Waals surface area contributed by atoms with Gasteiger partial charge in [-0.1, -0.05) is 12.1 Å². The Morgan fingerprint density at radius 2 is 2.04 bits per heavy atom. The van der Waals surface area contributed by atoms with Crippen molar-refractivity contribution in [2.45, 2.75) is 25.4 Å². The Morgan fingerprint density at radius 1 is 1.19 bits per heavy atom. The molecule has 7 heteroatoms. The van der Waals surface area contributed by atoms with Crippen LogP contribution < -0.4 is 5.32 Å². The number of aryl methyl sites for hydroxylation is 1. The number of nitrogens with zero attached hydrogens (tertiary/aromatic N) is 3. The molecule has 1 aliphatic heterocycles. The maximum absolute atomic E-state index is 14.5. The van der Waals surface area contributed by atoms with E-state index in [1.807, 2.05) is 31.2 Å². The Bertz CT molecular complexity index is 883. The van der Waals surface area contributed by atoms with E-state index in [0.717, 1.165) is 22.8 Å². The van der Waals surface area contributed by atoms with Crippen LogP contribution in [0, 0.1) is 12.7 Å². The van der Waals surface area contributed by atoms with E-state index < -0.39 is 0 Å². The minimum absolute atomic E-state index is 0.0597. The van der Waals surface area contributed by atoms with E-state index in [4.69, 9.17) is 4.74 Å². The Morgan fingerprint density at radius 3 is 2.77 bits per heavy atom. The molecule has 1 saturated heterocycles. The summed E-state index contributed by atoms with van der Waals surface area (Å²) in [6.07, 6.45) is 3.40. The number of hydrogen-bond donors (Lipinski definition) is 2. The van der Waals surface area contributed by atoms with E-state index >= 15 is 0 Å². The predicted octanol–water partition coefficient (Wildman–Crippen LogP) is 2.59. The number of H-pyrrole nitrogens is 1. The van der Waals surface area contributed by atoms with Crippen LogP contribution in [0.2, 0.25) is 0 Å². The van der Waals surface area contributed by atoms with Gasteiger partial charge in [-0.3, -0.25) is 10.1 Å². The molecule has 0 bridgehead atoms. The molecule has 0 amide bonds. The summed E-state index contributed by atoms with van der Waals surface area (Å²) in [4.78, 5) is 8.38. The summed E-state index contributed by atoms with van der Waals surface area (Å²) in [6, 6.07) is 9.10. The highest BCUT2D eigenvalue weighted by Crippen LogP contribution is 2.25. The van der Waals surface area contributed by atoms with Gasteiger partial charge < -0.3 is 10.1 Å². The van der Waals surface area contributed by atoms with Gasteiger partial charge in [0.05, 0.1) is 19.1 Å². The van der Waals surface area contributed by atoms with Crippen molar-refractivity contribution < 1.29 is 9.13 Å². The van der Waals surface area contributed by atoms with Crippen LogP contribution in [0.5, 0.6) is 0 Å². The lowest BCUT2D eigenvalue weighted by Gasteiger charge is -2.17. The molecule has 1 aromatic carbocycles. The van der Waals surface area contributed by atoms with Crippen LogP contribution in [0.3, 0.4) is 0 Å². The SMILES string of the molecule is Cc1nc([C@@H]2COC[C@@H]2NCc2ccc(-c3ccncc3)cc2F)n[nH]1. The fourth-order valence-electron chi connectivity index (χ4n) is 3.19. The average molecular weight is 353 g/mol. The summed E-state index contributed by atoms with van der Waals surface area (Å²) in [5.74, 6) is 1.37. The van der Waals surface area contributed by atoms with Gasteiger partial charge >= 0.3 is 0 Å². The Balaban J connectivity index is 1.44. The summed E-state index contributed by atoms with van der Waals surface area (Å²) in [5.41, 5.74) is 2.41. The number of halogens is 1. The molecule has 1 fully saturated rings. The third-order valence-electron chi connectivity index (χ3n) is 4.65. The van der Waals surface area contributed by atoms with Crippen molar-refractivity contribution in [3.63, 3.8) is 0 Å². The number of benzene rings is 1. The van der Waals surface area contributed by atoms with Crippen LogP contribution in [-0.4, -0.2) is 39.4 Å². The van der Waals surface area contributed by atoms with Crippen LogP contribution in [0.4, 0.5) is 4.39 Å². The number of aromatic amines is 1. The van der Waals surface area contributed by atoms with E-state index in [2.05, 4.69) is 25.5 Å². The molecule has 2 aromatic heterocycles. The molecule has 3 heterocycles. The van der Waals surface area contributed by atoms with E-state index in [0.29, 0.717) is 25.3 Å². The first-order chi connectivity index (χ1) is 12.7. The number of pyridine rings is 1. The molecule has 3 aromatic rings. The zero-order valence-corrected chi connectivity index (χ0v) is 14.4. The molecular formula is C19H20FN5O. The van der Waals surface area contributed by atoms with Crippen molar-refractivity contribution in [1.82, 2.24) is 25.5 Å². The van der Waals surface area contributed by atoms with Crippen LogP contribution >= 0.6 is 0 Å². The van der Waals surface area contributed by atoms with E-state index in [-0.39, 0.29) is 17.8 Å². The first-order valence-corrected chi connectivity index (χ1v) is 8.59. The maximum Gasteiger partial charge on any atom is 0.157 e. The van der Waals surface area contributed by atoms with Gasteiger partial charge in [-0.05, 0) is 36.2 Å². The monoisotopic (exact) mass is 353 g/mol. The van der Waals surface area contributed by atoms with Gasteiger partial charge in [0.1, 0.15) is 11.6 Å². The number of rotatable bonds is 5. The topological polar surface area (TPSA) is 75.7 Å². The largest absolute Gasteiger partial charge is 0.379 e. The average Bonchev–Trinajstić information content (AvgIpc) is 3.30. The molecule has 134 valence electrons. The van der Waals surface area contributed by atoms with Gasteiger partial charge in [0.2, 0.25) is 0 Å². The van der Waals surface area contributed by atoms with Gasteiger partial charge in [-0.15, -0.1) is 0 Å². The zero-order chi connectivity index (χ0) is 17.9. The summed E-state index contributed by atoms with van der Waals surface area (Å²) in [6.45, 7) is 3.43. The molecule has 1 aliphatic rings. The minimum atomic E-state index is -0.226. The summed E-state index contributed by atoms with van der Waals surface area (Å²) < 4.78 is 20.1. The molecule has 2 N–H and O–H groups in total. The van der Waals surface area contributed by atoms with E-state index in [1.165, 1.54) is 0 Å². The lowest BCUT2D eigenvalue weighted by atomic mass is 10.0.